The fourth-order valence-electron chi connectivity index (χ4n) is 2.10. The van der Waals surface area contributed by atoms with Crippen LogP contribution >= 0.6 is 0 Å². The monoisotopic (exact) mass is 263 g/mol. The third-order valence-corrected chi connectivity index (χ3v) is 2.99. The average Bonchev–Trinajstić information content (AvgIpc) is 2.73. The van der Waals surface area contributed by atoms with Crippen LogP contribution in [0.3, 0.4) is 0 Å². The van der Waals surface area contributed by atoms with Crippen molar-refractivity contribution in [1.29, 1.82) is 0 Å². The van der Waals surface area contributed by atoms with Crippen LogP contribution in [0.2, 0.25) is 0 Å². The lowest BCUT2D eigenvalue weighted by atomic mass is 10.2. The topological polar surface area (TPSA) is 101 Å². The second-order valence-corrected chi connectivity index (χ2v) is 4.34. The number of benzene rings is 1. The van der Waals surface area contributed by atoms with Crippen molar-refractivity contribution in [3.05, 3.63) is 29.6 Å². The number of aliphatic hydroxyl groups is 1. The van der Waals surface area contributed by atoms with Crippen molar-refractivity contribution >= 4 is 17.0 Å². The fourth-order valence-corrected chi connectivity index (χ4v) is 2.10. The van der Waals surface area contributed by atoms with Crippen LogP contribution in [0.4, 0.5) is 0 Å². The lowest BCUT2D eigenvalue weighted by molar-refractivity contribution is -0.137. The molecule has 19 heavy (non-hydrogen) atoms. The third-order valence-electron chi connectivity index (χ3n) is 2.99. The highest BCUT2D eigenvalue weighted by molar-refractivity contribution is 5.77. The van der Waals surface area contributed by atoms with Crippen molar-refractivity contribution in [3.63, 3.8) is 0 Å². The predicted molar refractivity (Wildman–Crippen MR) is 70.7 cm³/mol. The fraction of sp³-hybridized carbons (Fsp3) is 0.385. The number of carboxylic acids is 1. The Morgan fingerprint density at radius 3 is 2.84 bits per heavy atom. The van der Waals surface area contributed by atoms with Crippen LogP contribution in [0, 0.1) is 0 Å². The van der Waals surface area contributed by atoms with E-state index in [1.165, 1.54) is 0 Å². The number of nitrogens with zero attached hydrogens (tertiary/aromatic N) is 2. The van der Waals surface area contributed by atoms with E-state index in [1.54, 1.807) is 0 Å². The first kappa shape index (κ1) is 13.5. The summed E-state index contributed by atoms with van der Waals surface area (Å²) in [7, 11) is 0. The Bertz CT molecular complexity index is 592. The van der Waals surface area contributed by atoms with Gasteiger partial charge in [0.1, 0.15) is 5.82 Å². The summed E-state index contributed by atoms with van der Waals surface area (Å²) in [5, 5.41) is 17.9. The second-order valence-electron chi connectivity index (χ2n) is 4.34. The van der Waals surface area contributed by atoms with Crippen LogP contribution in [-0.2, 0) is 24.4 Å². The van der Waals surface area contributed by atoms with Crippen LogP contribution in [-0.4, -0.2) is 32.3 Å². The minimum atomic E-state index is -0.840. The van der Waals surface area contributed by atoms with Crippen molar-refractivity contribution < 1.29 is 15.0 Å². The van der Waals surface area contributed by atoms with Gasteiger partial charge < -0.3 is 20.5 Å². The lowest BCUT2D eigenvalue weighted by Gasteiger charge is -2.07. The molecule has 0 fully saturated rings. The van der Waals surface area contributed by atoms with Crippen molar-refractivity contribution in [3.8, 4) is 0 Å². The first-order valence-corrected chi connectivity index (χ1v) is 6.16. The molecule has 0 saturated heterocycles. The lowest BCUT2D eigenvalue weighted by Crippen LogP contribution is -2.12. The molecule has 0 atom stereocenters. The Morgan fingerprint density at radius 1 is 1.42 bits per heavy atom. The van der Waals surface area contributed by atoms with Gasteiger partial charge in [-0.15, -0.1) is 0 Å². The van der Waals surface area contributed by atoms with Gasteiger partial charge in [0.2, 0.25) is 0 Å². The molecule has 0 spiro atoms. The van der Waals surface area contributed by atoms with Gasteiger partial charge in [0.15, 0.2) is 0 Å². The van der Waals surface area contributed by atoms with Crippen molar-refractivity contribution in [2.45, 2.75) is 26.0 Å². The predicted octanol–water partition coefficient (Wildman–Crippen LogP) is 0.504. The molecule has 0 aliphatic carbocycles. The van der Waals surface area contributed by atoms with Gasteiger partial charge in [-0.2, -0.15) is 0 Å². The van der Waals surface area contributed by atoms with E-state index in [1.807, 2.05) is 22.8 Å². The molecule has 0 unspecified atom stereocenters. The molecule has 102 valence electrons. The number of aryl methyl sites for hydroxylation is 1. The van der Waals surface area contributed by atoms with E-state index in [2.05, 4.69) is 4.98 Å². The maximum Gasteiger partial charge on any atom is 0.305 e. The number of fused-ring (bicyclic) bond motifs is 1. The van der Waals surface area contributed by atoms with Gasteiger partial charge in [-0.25, -0.2) is 4.98 Å². The molecule has 6 heteroatoms. The van der Waals surface area contributed by atoms with E-state index in [-0.39, 0.29) is 13.0 Å². The maximum absolute atomic E-state index is 10.7. The Morgan fingerprint density at radius 2 is 2.21 bits per heavy atom. The number of carboxylic acid groups (broad SMARTS) is 1. The van der Waals surface area contributed by atoms with Crippen molar-refractivity contribution in [1.82, 2.24) is 9.55 Å². The molecule has 2 aromatic rings. The van der Waals surface area contributed by atoms with Gasteiger partial charge in [-0.05, 0) is 24.2 Å². The van der Waals surface area contributed by atoms with E-state index >= 15 is 0 Å². The maximum atomic E-state index is 10.7. The summed E-state index contributed by atoms with van der Waals surface area (Å²) >= 11 is 0. The highest BCUT2D eigenvalue weighted by Crippen LogP contribution is 2.19. The summed E-state index contributed by atoms with van der Waals surface area (Å²) in [6, 6.07) is 5.48. The quantitative estimate of drug-likeness (QED) is 0.704. The van der Waals surface area contributed by atoms with Crippen LogP contribution in [0.5, 0.6) is 0 Å². The molecule has 0 aliphatic rings. The largest absolute Gasteiger partial charge is 0.481 e. The van der Waals surface area contributed by atoms with Crippen LogP contribution in [0.25, 0.3) is 11.0 Å². The number of hydrogen-bond donors (Lipinski definition) is 3. The van der Waals surface area contributed by atoms with Gasteiger partial charge in [0, 0.05) is 13.0 Å². The standard InChI is InChI=1S/C13H17N3O3/c14-5-3-12-15-10-7-9(8-17)1-2-11(10)16(12)6-4-13(18)19/h1-2,7,17H,3-6,8,14H2,(H,18,19). The molecular formula is C13H17N3O3. The minimum absolute atomic E-state index is 0.0376. The zero-order valence-corrected chi connectivity index (χ0v) is 10.5. The highest BCUT2D eigenvalue weighted by Gasteiger charge is 2.11. The van der Waals surface area contributed by atoms with Crippen molar-refractivity contribution in [2.24, 2.45) is 5.73 Å². The first-order valence-electron chi connectivity index (χ1n) is 6.16. The van der Waals surface area contributed by atoms with E-state index in [9.17, 15) is 4.79 Å². The SMILES string of the molecule is NCCc1nc2cc(CO)ccc2n1CCC(=O)O. The normalized spacial score (nSPS) is 11.1. The number of rotatable bonds is 6. The van der Waals surface area contributed by atoms with Gasteiger partial charge >= 0.3 is 5.97 Å². The molecular weight excluding hydrogens is 246 g/mol. The summed E-state index contributed by atoms with van der Waals surface area (Å²) in [5.41, 5.74) is 7.98. The van der Waals surface area contributed by atoms with Crippen molar-refractivity contribution in [2.75, 3.05) is 6.54 Å². The molecule has 1 heterocycles. The summed E-state index contributed by atoms with van der Waals surface area (Å²) in [6.45, 7) is 0.799. The molecule has 0 bridgehead atoms. The van der Waals surface area contributed by atoms with Gasteiger partial charge in [-0.1, -0.05) is 6.07 Å². The van der Waals surface area contributed by atoms with E-state index in [0.29, 0.717) is 19.5 Å². The molecule has 0 aliphatic heterocycles. The van der Waals surface area contributed by atoms with Gasteiger partial charge in [0.05, 0.1) is 24.1 Å². The number of imidazole rings is 1. The number of hydrogen-bond acceptors (Lipinski definition) is 4. The smallest absolute Gasteiger partial charge is 0.305 e. The molecule has 4 N–H and O–H groups in total. The minimum Gasteiger partial charge on any atom is -0.481 e. The Kier molecular flexibility index (Phi) is 4.13. The molecule has 6 nitrogen and oxygen atoms in total. The molecule has 1 aromatic carbocycles. The Balaban J connectivity index is 2.44. The number of aromatic nitrogens is 2. The number of carbonyl (C=O) groups is 1. The number of aliphatic hydroxyl groups excluding tert-OH is 1. The number of aliphatic carboxylic acids is 1. The number of nitrogens with two attached hydrogens (primary N) is 1. The van der Waals surface area contributed by atoms with Crippen LogP contribution < -0.4 is 5.73 Å². The Labute approximate surface area is 110 Å². The summed E-state index contributed by atoms with van der Waals surface area (Å²) < 4.78 is 1.89. The van der Waals surface area contributed by atoms with E-state index in [0.717, 1.165) is 22.4 Å². The Hall–Kier alpha value is -1.92. The average molecular weight is 263 g/mol. The zero-order chi connectivity index (χ0) is 13.8. The summed E-state index contributed by atoms with van der Waals surface area (Å²) in [4.78, 5) is 15.2. The molecule has 0 amide bonds. The van der Waals surface area contributed by atoms with E-state index < -0.39 is 5.97 Å². The van der Waals surface area contributed by atoms with Gasteiger partial charge in [-0.3, -0.25) is 4.79 Å². The van der Waals surface area contributed by atoms with Crippen LogP contribution in [0.15, 0.2) is 18.2 Å². The highest BCUT2D eigenvalue weighted by atomic mass is 16.4. The summed E-state index contributed by atoms with van der Waals surface area (Å²) in [5.74, 6) is -0.0543. The zero-order valence-electron chi connectivity index (χ0n) is 10.5. The third kappa shape index (κ3) is 2.91. The summed E-state index contributed by atoms with van der Waals surface area (Å²) in [6.07, 6.45) is 0.646. The molecule has 2 rings (SSSR count). The van der Waals surface area contributed by atoms with E-state index in [4.69, 9.17) is 15.9 Å². The van der Waals surface area contributed by atoms with Crippen LogP contribution in [0.1, 0.15) is 17.8 Å². The van der Waals surface area contributed by atoms with Gasteiger partial charge in [0.25, 0.3) is 0 Å². The molecule has 0 saturated carbocycles. The molecule has 1 aromatic heterocycles. The first-order chi connectivity index (χ1) is 9.15. The molecule has 0 radical (unpaired) electrons. The second kappa shape index (κ2) is 5.81.